The first kappa shape index (κ1) is 16.6. The SMILES string of the molecule is COc1ccc2c(c1OC)C[N@+]1(C)CCc3cc4c(c(O)c3[C@@H]1C2)OCO4. The van der Waals surface area contributed by atoms with E-state index in [1.54, 1.807) is 14.2 Å². The maximum Gasteiger partial charge on any atom is 0.231 e. The Kier molecular flexibility index (Phi) is 3.49. The van der Waals surface area contributed by atoms with Crippen molar-refractivity contribution in [2.45, 2.75) is 25.4 Å². The molecule has 3 aliphatic heterocycles. The summed E-state index contributed by atoms with van der Waals surface area (Å²) in [7, 11) is 5.63. The van der Waals surface area contributed by atoms with Crippen molar-refractivity contribution in [1.82, 2.24) is 0 Å². The van der Waals surface area contributed by atoms with E-state index in [1.807, 2.05) is 12.1 Å². The highest BCUT2D eigenvalue weighted by Gasteiger charge is 2.47. The fourth-order valence-electron chi connectivity index (χ4n) is 4.99. The Bertz CT molecular complexity index is 941. The normalized spacial score (nSPS) is 24.6. The Labute approximate surface area is 158 Å². The molecule has 3 heterocycles. The lowest BCUT2D eigenvalue weighted by Crippen LogP contribution is -2.53. The number of nitrogens with zero attached hydrogens (tertiary/aromatic N) is 1. The van der Waals surface area contributed by atoms with Crippen LogP contribution in [0.4, 0.5) is 0 Å². The van der Waals surface area contributed by atoms with Gasteiger partial charge in [0.05, 0.1) is 38.9 Å². The summed E-state index contributed by atoms with van der Waals surface area (Å²) < 4.78 is 23.0. The van der Waals surface area contributed by atoms with E-state index in [4.69, 9.17) is 18.9 Å². The van der Waals surface area contributed by atoms with Crippen LogP contribution in [0.1, 0.15) is 28.3 Å². The number of likely N-dealkylation sites (N-methyl/N-ethyl adjacent to an activating group) is 1. The molecule has 0 unspecified atom stereocenters. The minimum atomic E-state index is 0.169. The molecule has 0 amide bonds. The first-order valence-electron chi connectivity index (χ1n) is 9.27. The molecule has 2 aromatic carbocycles. The predicted octanol–water partition coefficient (Wildman–Crippen LogP) is 2.94. The molecule has 0 fully saturated rings. The van der Waals surface area contributed by atoms with Crippen molar-refractivity contribution in [3.8, 4) is 28.7 Å². The van der Waals surface area contributed by atoms with Gasteiger partial charge in [0.2, 0.25) is 12.5 Å². The van der Waals surface area contributed by atoms with Crippen LogP contribution in [0.3, 0.4) is 0 Å². The van der Waals surface area contributed by atoms with Gasteiger partial charge in [-0.05, 0) is 23.3 Å². The number of quaternary nitrogens is 1. The van der Waals surface area contributed by atoms with E-state index in [0.717, 1.165) is 47.5 Å². The summed E-state index contributed by atoms with van der Waals surface area (Å²) in [5.74, 6) is 2.99. The number of phenols is 1. The first-order valence-corrected chi connectivity index (χ1v) is 9.27. The molecule has 2 aromatic rings. The Morgan fingerprint density at radius 3 is 2.78 bits per heavy atom. The van der Waals surface area contributed by atoms with Crippen LogP contribution in [0.25, 0.3) is 0 Å². The summed E-state index contributed by atoms with van der Waals surface area (Å²) in [6.07, 6.45) is 1.74. The molecule has 0 saturated heterocycles. The van der Waals surface area contributed by atoms with Crippen molar-refractivity contribution in [1.29, 1.82) is 0 Å². The number of ether oxygens (including phenoxy) is 4. The van der Waals surface area contributed by atoms with E-state index in [2.05, 4.69) is 13.1 Å². The number of hydrogen-bond acceptors (Lipinski definition) is 5. The van der Waals surface area contributed by atoms with E-state index >= 15 is 0 Å². The van der Waals surface area contributed by atoms with Crippen molar-refractivity contribution in [2.75, 3.05) is 34.6 Å². The Hall–Kier alpha value is -2.60. The van der Waals surface area contributed by atoms with Crippen LogP contribution in [0.5, 0.6) is 28.7 Å². The average molecular weight is 370 g/mol. The molecule has 0 radical (unpaired) electrons. The largest absolute Gasteiger partial charge is 0.504 e. The van der Waals surface area contributed by atoms with Gasteiger partial charge in [-0.25, -0.2) is 0 Å². The van der Waals surface area contributed by atoms with Gasteiger partial charge in [0.1, 0.15) is 12.6 Å². The van der Waals surface area contributed by atoms with Crippen molar-refractivity contribution < 1.29 is 28.5 Å². The number of phenolic OH excluding ortho intramolecular Hbond substituents is 1. The molecule has 0 spiro atoms. The van der Waals surface area contributed by atoms with E-state index in [0.29, 0.717) is 11.5 Å². The molecule has 0 bridgehead atoms. The van der Waals surface area contributed by atoms with Gasteiger partial charge in [-0.3, -0.25) is 0 Å². The number of rotatable bonds is 2. The molecule has 6 nitrogen and oxygen atoms in total. The maximum atomic E-state index is 11.0. The lowest BCUT2D eigenvalue weighted by atomic mass is 9.81. The Morgan fingerprint density at radius 1 is 1.15 bits per heavy atom. The molecule has 0 aliphatic carbocycles. The van der Waals surface area contributed by atoms with Crippen LogP contribution in [0.2, 0.25) is 0 Å². The number of fused-ring (bicyclic) bond motifs is 5. The molecule has 3 aliphatic rings. The van der Waals surface area contributed by atoms with Crippen LogP contribution < -0.4 is 18.9 Å². The molecule has 0 aromatic heterocycles. The summed E-state index contributed by atoms with van der Waals surface area (Å²) in [5, 5.41) is 11.0. The van der Waals surface area contributed by atoms with Gasteiger partial charge < -0.3 is 28.5 Å². The summed E-state index contributed by atoms with van der Waals surface area (Å²) in [6.45, 7) is 2.01. The van der Waals surface area contributed by atoms with Gasteiger partial charge >= 0.3 is 0 Å². The third-order valence-electron chi connectivity index (χ3n) is 6.42. The van der Waals surface area contributed by atoms with Crippen LogP contribution in [-0.4, -0.2) is 44.2 Å². The second-order valence-corrected chi connectivity index (χ2v) is 7.80. The van der Waals surface area contributed by atoms with Gasteiger partial charge in [0.25, 0.3) is 0 Å². The van der Waals surface area contributed by atoms with Crippen molar-refractivity contribution >= 4 is 0 Å². The second kappa shape index (κ2) is 5.70. The topological polar surface area (TPSA) is 57.2 Å². The maximum absolute atomic E-state index is 11.0. The number of methoxy groups -OCH3 is 2. The lowest BCUT2D eigenvalue weighted by molar-refractivity contribution is -0.956. The quantitative estimate of drug-likeness (QED) is 0.824. The summed E-state index contributed by atoms with van der Waals surface area (Å²) in [4.78, 5) is 0. The van der Waals surface area contributed by atoms with Crippen molar-refractivity contribution in [2.24, 2.45) is 0 Å². The van der Waals surface area contributed by atoms with Crippen LogP contribution in [0, 0.1) is 0 Å². The monoisotopic (exact) mass is 370 g/mol. The molecule has 6 heteroatoms. The van der Waals surface area contributed by atoms with Crippen molar-refractivity contribution in [3.63, 3.8) is 0 Å². The first-order chi connectivity index (χ1) is 13.1. The van der Waals surface area contributed by atoms with E-state index in [1.165, 1.54) is 16.7 Å². The molecule has 2 atom stereocenters. The second-order valence-electron chi connectivity index (χ2n) is 7.80. The predicted molar refractivity (Wildman–Crippen MR) is 98.7 cm³/mol. The minimum absolute atomic E-state index is 0.169. The number of hydrogen-bond donors (Lipinski definition) is 1. The highest BCUT2D eigenvalue weighted by Crippen LogP contribution is 2.54. The molecule has 27 heavy (non-hydrogen) atoms. The molecule has 142 valence electrons. The summed E-state index contributed by atoms with van der Waals surface area (Å²) >= 11 is 0. The smallest absolute Gasteiger partial charge is 0.231 e. The number of benzene rings is 2. The molecular formula is C21H24NO5+. The molecule has 0 saturated carbocycles. The van der Waals surface area contributed by atoms with Gasteiger partial charge in [-0.1, -0.05) is 6.07 Å². The van der Waals surface area contributed by atoms with Gasteiger partial charge in [-0.2, -0.15) is 0 Å². The van der Waals surface area contributed by atoms with E-state index < -0.39 is 0 Å². The third-order valence-corrected chi connectivity index (χ3v) is 6.42. The standard InChI is InChI=1S/C21H23NO5/c1-22-7-6-13-9-17-21(27-11-26-17)19(23)18(13)15(22)8-12-4-5-16(24-2)20(25-3)14(12)10-22/h4-5,9,15H,6-8,10-11H2,1-3H3/p+1/t15-,22-/m0/s1. The minimum Gasteiger partial charge on any atom is -0.504 e. The van der Waals surface area contributed by atoms with E-state index in [-0.39, 0.29) is 18.6 Å². The third kappa shape index (κ3) is 2.22. The van der Waals surface area contributed by atoms with Crippen LogP contribution >= 0.6 is 0 Å². The molecule has 1 N–H and O–H groups in total. The van der Waals surface area contributed by atoms with Crippen LogP contribution in [-0.2, 0) is 19.4 Å². The van der Waals surface area contributed by atoms with Crippen LogP contribution in [0.15, 0.2) is 18.2 Å². The average Bonchev–Trinajstić information content (AvgIpc) is 3.14. The Morgan fingerprint density at radius 2 is 2.00 bits per heavy atom. The number of aromatic hydroxyl groups is 1. The van der Waals surface area contributed by atoms with Gasteiger partial charge in [0, 0.05) is 12.8 Å². The van der Waals surface area contributed by atoms with Crippen molar-refractivity contribution in [3.05, 3.63) is 40.5 Å². The lowest BCUT2D eigenvalue weighted by Gasteiger charge is -2.49. The molecule has 5 rings (SSSR count). The van der Waals surface area contributed by atoms with E-state index in [9.17, 15) is 5.11 Å². The Balaban J connectivity index is 1.66. The van der Waals surface area contributed by atoms with Gasteiger partial charge in [-0.15, -0.1) is 0 Å². The zero-order valence-corrected chi connectivity index (χ0v) is 15.9. The van der Waals surface area contributed by atoms with Gasteiger partial charge in [0.15, 0.2) is 23.0 Å². The fraction of sp³-hybridized carbons (Fsp3) is 0.429. The highest BCUT2D eigenvalue weighted by atomic mass is 16.7. The molecular weight excluding hydrogens is 346 g/mol. The summed E-state index contributed by atoms with van der Waals surface area (Å²) in [6, 6.07) is 6.31. The zero-order valence-electron chi connectivity index (χ0n) is 15.9. The highest BCUT2D eigenvalue weighted by molar-refractivity contribution is 5.61. The fourth-order valence-corrected chi connectivity index (χ4v) is 4.99. The summed E-state index contributed by atoms with van der Waals surface area (Å²) in [5.41, 5.74) is 4.63. The zero-order chi connectivity index (χ0) is 18.8.